The topological polar surface area (TPSA) is 70.6 Å². The van der Waals surface area contributed by atoms with Crippen molar-refractivity contribution in [2.75, 3.05) is 6.54 Å². The van der Waals surface area contributed by atoms with Gasteiger partial charge in [0.25, 0.3) is 0 Å². The molecule has 112 valence electrons. The van der Waals surface area contributed by atoms with Crippen LogP contribution in [0.1, 0.15) is 43.7 Å². The molecular weight excluding hydrogens is 256 g/mol. The van der Waals surface area contributed by atoms with Crippen molar-refractivity contribution in [1.29, 1.82) is 0 Å². The number of aryl methyl sites for hydroxylation is 1. The Morgan fingerprint density at radius 2 is 2.00 bits per heavy atom. The fourth-order valence-corrected chi connectivity index (χ4v) is 1.75. The molecule has 0 aliphatic rings. The van der Waals surface area contributed by atoms with Gasteiger partial charge >= 0.3 is 5.97 Å². The molecular formula is C15H24N2O3. The van der Waals surface area contributed by atoms with Crippen molar-refractivity contribution in [3.05, 3.63) is 34.9 Å². The highest BCUT2D eigenvalue weighted by atomic mass is 16.6. The second-order valence-corrected chi connectivity index (χ2v) is 5.78. The number of hydrogen-bond acceptors (Lipinski definition) is 5. The number of benzene rings is 1. The Morgan fingerprint density at radius 3 is 2.60 bits per heavy atom. The van der Waals surface area contributed by atoms with Crippen molar-refractivity contribution >= 4 is 5.97 Å². The van der Waals surface area contributed by atoms with Crippen LogP contribution in [0.5, 0.6) is 0 Å². The summed E-state index contributed by atoms with van der Waals surface area (Å²) in [4.78, 5) is 11.5. The molecule has 1 aromatic rings. The summed E-state index contributed by atoms with van der Waals surface area (Å²) in [6, 6.07) is 5.71. The second-order valence-electron chi connectivity index (χ2n) is 5.78. The molecule has 0 spiro atoms. The smallest absolute Gasteiger partial charge is 0.321 e. The fourth-order valence-electron chi connectivity index (χ4n) is 1.75. The third-order valence-corrected chi connectivity index (χ3v) is 2.83. The Balaban J connectivity index is 2.46. The van der Waals surface area contributed by atoms with Gasteiger partial charge in [0.05, 0.1) is 0 Å². The first-order valence-electron chi connectivity index (χ1n) is 6.65. The van der Waals surface area contributed by atoms with E-state index in [0.29, 0.717) is 0 Å². The van der Waals surface area contributed by atoms with Crippen molar-refractivity contribution in [2.45, 2.75) is 46.4 Å². The SMILES string of the molecule is Cc1cccc(C(O)NNCC(=O)OC(C)(C)C)c1C. The highest BCUT2D eigenvalue weighted by Crippen LogP contribution is 2.17. The largest absolute Gasteiger partial charge is 0.459 e. The van der Waals surface area contributed by atoms with Gasteiger partial charge in [0.15, 0.2) is 0 Å². The van der Waals surface area contributed by atoms with Crippen LogP contribution in [0, 0.1) is 13.8 Å². The van der Waals surface area contributed by atoms with Gasteiger partial charge in [0.2, 0.25) is 0 Å². The molecule has 0 bridgehead atoms. The van der Waals surface area contributed by atoms with Gasteiger partial charge < -0.3 is 9.84 Å². The minimum atomic E-state index is -0.877. The van der Waals surface area contributed by atoms with Gasteiger partial charge in [0.1, 0.15) is 18.4 Å². The number of ether oxygens (including phenoxy) is 1. The molecule has 1 unspecified atom stereocenters. The van der Waals surface area contributed by atoms with Crippen molar-refractivity contribution < 1.29 is 14.6 Å². The summed E-state index contributed by atoms with van der Waals surface area (Å²) < 4.78 is 5.15. The summed E-state index contributed by atoms with van der Waals surface area (Å²) in [7, 11) is 0. The van der Waals surface area contributed by atoms with Gasteiger partial charge in [-0.15, -0.1) is 0 Å². The van der Waals surface area contributed by atoms with E-state index in [-0.39, 0.29) is 12.5 Å². The van der Waals surface area contributed by atoms with Gasteiger partial charge in [-0.1, -0.05) is 18.2 Å². The lowest BCUT2D eigenvalue weighted by Gasteiger charge is -2.21. The van der Waals surface area contributed by atoms with Gasteiger partial charge in [-0.05, 0) is 51.3 Å². The third kappa shape index (κ3) is 5.28. The van der Waals surface area contributed by atoms with Crippen LogP contribution in [0.2, 0.25) is 0 Å². The van der Waals surface area contributed by atoms with Crippen molar-refractivity contribution in [3.8, 4) is 0 Å². The standard InChI is InChI=1S/C15H24N2O3/c1-10-7-6-8-12(11(10)2)14(19)17-16-9-13(18)20-15(3,4)5/h6-8,14,16-17,19H,9H2,1-5H3. The van der Waals surface area contributed by atoms with Crippen molar-refractivity contribution in [1.82, 2.24) is 10.9 Å². The monoisotopic (exact) mass is 280 g/mol. The Hall–Kier alpha value is -1.43. The molecule has 20 heavy (non-hydrogen) atoms. The average molecular weight is 280 g/mol. The third-order valence-electron chi connectivity index (χ3n) is 2.83. The first-order valence-corrected chi connectivity index (χ1v) is 6.65. The molecule has 1 atom stereocenters. The molecule has 1 aromatic carbocycles. The van der Waals surface area contributed by atoms with E-state index in [1.54, 1.807) is 0 Å². The van der Waals surface area contributed by atoms with Gasteiger partial charge in [-0.25, -0.2) is 10.9 Å². The van der Waals surface area contributed by atoms with Crippen LogP contribution in [0.3, 0.4) is 0 Å². The number of hydrogen-bond donors (Lipinski definition) is 3. The van der Waals surface area contributed by atoms with Crippen LogP contribution in [-0.2, 0) is 9.53 Å². The van der Waals surface area contributed by atoms with Crippen LogP contribution < -0.4 is 10.9 Å². The number of aliphatic hydroxyl groups is 1. The molecule has 0 aromatic heterocycles. The van der Waals surface area contributed by atoms with Gasteiger partial charge in [-0.2, -0.15) is 0 Å². The quantitative estimate of drug-likeness (QED) is 0.435. The lowest BCUT2D eigenvalue weighted by molar-refractivity contribution is -0.154. The highest BCUT2D eigenvalue weighted by Gasteiger charge is 2.16. The minimum absolute atomic E-state index is 0.0147. The predicted octanol–water partition coefficient (Wildman–Crippen LogP) is 1.73. The predicted molar refractivity (Wildman–Crippen MR) is 77.9 cm³/mol. The molecule has 0 aliphatic carbocycles. The molecule has 0 fully saturated rings. The summed E-state index contributed by atoms with van der Waals surface area (Å²) in [6.07, 6.45) is -0.877. The van der Waals surface area contributed by atoms with E-state index in [1.165, 1.54) is 0 Å². The maximum absolute atomic E-state index is 11.5. The Bertz CT molecular complexity index is 467. The van der Waals surface area contributed by atoms with E-state index < -0.39 is 11.8 Å². The molecule has 0 heterocycles. The number of nitrogens with one attached hydrogen (secondary N) is 2. The van der Waals surface area contributed by atoms with Crippen LogP contribution in [0.4, 0.5) is 0 Å². The number of carbonyl (C=O) groups is 1. The molecule has 3 N–H and O–H groups in total. The number of aliphatic hydroxyl groups excluding tert-OH is 1. The Labute approximate surface area is 120 Å². The molecule has 0 saturated heterocycles. The minimum Gasteiger partial charge on any atom is -0.459 e. The number of rotatable bonds is 5. The highest BCUT2D eigenvalue weighted by molar-refractivity contribution is 5.72. The van der Waals surface area contributed by atoms with Crippen LogP contribution >= 0.6 is 0 Å². The summed E-state index contributed by atoms with van der Waals surface area (Å²) in [5.74, 6) is -0.377. The molecule has 0 amide bonds. The van der Waals surface area contributed by atoms with Crippen molar-refractivity contribution in [3.63, 3.8) is 0 Å². The molecule has 1 rings (SSSR count). The summed E-state index contributed by atoms with van der Waals surface area (Å²) in [5.41, 5.74) is 7.76. The van der Waals surface area contributed by atoms with E-state index >= 15 is 0 Å². The zero-order chi connectivity index (χ0) is 15.3. The number of hydrazine groups is 1. The summed E-state index contributed by atoms with van der Waals surface area (Å²) >= 11 is 0. The molecule has 5 heteroatoms. The van der Waals surface area contributed by atoms with Crippen LogP contribution in [0.25, 0.3) is 0 Å². The van der Waals surface area contributed by atoms with E-state index in [9.17, 15) is 9.90 Å². The number of esters is 1. The summed E-state index contributed by atoms with van der Waals surface area (Å²) in [5, 5.41) is 10.0. The van der Waals surface area contributed by atoms with Crippen LogP contribution in [0.15, 0.2) is 18.2 Å². The average Bonchev–Trinajstić information content (AvgIpc) is 2.30. The Kier molecular flexibility index (Phi) is 5.68. The molecule has 0 aliphatic heterocycles. The summed E-state index contributed by atoms with van der Waals surface area (Å²) in [6.45, 7) is 9.35. The molecule has 0 saturated carbocycles. The fraction of sp³-hybridized carbons (Fsp3) is 0.533. The first kappa shape index (κ1) is 16.6. The Morgan fingerprint density at radius 1 is 1.35 bits per heavy atom. The maximum Gasteiger partial charge on any atom is 0.321 e. The lowest BCUT2D eigenvalue weighted by Crippen LogP contribution is -2.41. The molecule has 5 nitrogen and oxygen atoms in total. The van der Waals surface area contributed by atoms with E-state index in [0.717, 1.165) is 16.7 Å². The van der Waals surface area contributed by atoms with E-state index in [2.05, 4.69) is 10.9 Å². The van der Waals surface area contributed by atoms with Gasteiger partial charge in [-0.3, -0.25) is 4.79 Å². The normalized spacial score (nSPS) is 13.1. The second kappa shape index (κ2) is 6.83. The maximum atomic E-state index is 11.5. The first-order chi connectivity index (χ1) is 9.20. The number of carbonyl (C=O) groups excluding carboxylic acids is 1. The zero-order valence-corrected chi connectivity index (χ0v) is 12.8. The van der Waals surface area contributed by atoms with Crippen LogP contribution in [-0.4, -0.2) is 23.2 Å². The van der Waals surface area contributed by atoms with Crippen molar-refractivity contribution in [2.24, 2.45) is 0 Å². The van der Waals surface area contributed by atoms with Gasteiger partial charge in [0, 0.05) is 0 Å². The molecule has 0 radical (unpaired) electrons. The van der Waals surface area contributed by atoms with E-state index in [1.807, 2.05) is 52.8 Å². The van der Waals surface area contributed by atoms with E-state index in [4.69, 9.17) is 4.74 Å². The zero-order valence-electron chi connectivity index (χ0n) is 12.8. The lowest BCUT2D eigenvalue weighted by atomic mass is 10.0.